The van der Waals surface area contributed by atoms with Crippen LogP contribution >= 0.6 is 0 Å². The Balaban J connectivity index is 0.000000412. The minimum Gasteiger partial charge on any atom is -0.462 e. The number of aliphatic hydroxyl groups is 1. The summed E-state index contributed by atoms with van der Waals surface area (Å²) in [5, 5.41) is 10.3. The maximum Gasteiger partial charge on any atom is 0.309 e. The number of carbonyl (C=O) groups is 1. The van der Waals surface area contributed by atoms with E-state index in [4.69, 9.17) is 4.74 Å². The van der Waals surface area contributed by atoms with Gasteiger partial charge in [0.25, 0.3) is 0 Å². The van der Waals surface area contributed by atoms with E-state index in [2.05, 4.69) is 20.8 Å². The smallest absolute Gasteiger partial charge is 0.309 e. The first kappa shape index (κ1) is 23.5. The van der Waals surface area contributed by atoms with Crippen molar-refractivity contribution in [3.63, 3.8) is 0 Å². The third kappa shape index (κ3) is 9.94. The average Bonchev–Trinajstić information content (AvgIpc) is 2.73. The van der Waals surface area contributed by atoms with Crippen molar-refractivity contribution in [2.24, 2.45) is 11.8 Å². The van der Waals surface area contributed by atoms with Gasteiger partial charge in [0.15, 0.2) is 0 Å². The van der Waals surface area contributed by atoms with E-state index in [1.165, 1.54) is 38.5 Å². The average molecular weight is 369 g/mol. The first-order valence-corrected chi connectivity index (χ1v) is 11.3. The molecule has 0 spiro atoms. The largest absolute Gasteiger partial charge is 0.462 e. The Labute approximate surface area is 162 Å². The molecule has 0 amide bonds. The Hall–Kier alpha value is -0.570. The number of hydrogen-bond acceptors (Lipinski definition) is 3. The first-order chi connectivity index (χ1) is 12.4. The molecule has 3 atom stereocenters. The first-order valence-electron chi connectivity index (χ1n) is 11.3. The van der Waals surface area contributed by atoms with Gasteiger partial charge in [-0.25, -0.2) is 0 Å². The van der Waals surface area contributed by atoms with Crippen molar-refractivity contribution in [2.75, 3.05) is 0 Å². The fourth-order valence-corrected chi connectivity index (χ4v) is 4.38. The highest BCUT2D eigenvalue weighted by atomic mass is 16.5. The van der Waals surface area contributed by atoms with Gasteiger partial charge in [-0.2, -0.15) is 0 Å². The molecule has 3 heteroatoms. The lowest BCUT2D eigenvalue weighted by atomic mass is 9.89. The van der Waals surface area contributed by atoms with Gasteiger partial charge in [0.05, 0.1) is 11.5 Å². The molecule has 3 nitrogen and oxygen atoms in total. The van der Waals surface area contributed by atoms with Gasteiger partial charge in [0, 0.05) is 6.42 Å². The van der Waals surface area contributed by atoms with Crippen molar-refractivity contribution >= 4 is 5.97 Å². The number of unbranched alkanes of at least 4 members (excludes halogenated alkanes) is 4. The highest BCUT2D eigenvalue weighted by molar-refractivity contribution is 5.72. The maximum absolute atomic E-state index is 12.2. The monoisotopic (exact) mass is 368 g/mol. The quantitative estimate of drug-likeness (QED) is 0.334. The van der Waals surface area contributed by atoms with Gasteiger partial charge in [-0.1, -0.05) is 72.1 Å². The molecule has 0 heterocycles. The molecule has 2 aliphatic rings. The molecule has 0 aromatic carbocycles. The zero-order valence-electron chi connectivity index (χ0n) is 17.9. The summed E-state index contributed by atoms with van der Waals surface area (Å²) in [6.07, 6.45) is 15.8. The number of rotatable bonds is 6. The van der Waals surface area contributed by atoms with Crippen LogP contribution in [0.5, 0.6) is 0 Å². The molecule has 2 fully saturated rings. The van der Waals surface area contributed by atoms with Crippen LogP contribution in [-0.2, 0) is 9.53 Å². The van der Waals surface area contributed by atoms with Crippen molar-refractivity contribution < 1.29 is 14.6 Å². The molecule has 1 N–H and O–H groups in total. The van der Waals surface area contributed by atoms with Crippen molar-refractivity contribution in [1.82, 2.24) is 0 Å². The van der Waals surface area contributed by atoms with Crippen LogP contribution in [0.1, 0.15) is 118 Å². The summed E-state index contributed by atoms with van der Waals surface area (Å²) in [4.78, 5) is 12.2. The van der Waals surface area contributed by atoms with Crippen LogP contribution in [-0.4, -0.2) is 22.8 Å². The zero-order valence-corrected chi connectivity index (χ0v) is 17.9. The molecule has 2 rings (SSSR count). The molecule has 26 heavy (non-hydrogen) atoms. The molecule has 3 unspecified atom stereocenters. The van der Waals surface area contributed by atoms with Crippen LogP contribution in [0.4, 0.5) is 0 Å². The summed E-state index contributed by atoms with van der Waals surface area (Å²) >= 11 is 0. The molecular weight excluding hydrogens is 324 g/mol. The Morgan fingerprint density at radius 2 is 1.58 bits per heavy atom. The van der Waals surface area contributed by atoms with Crippen LogP contribution in [0.3, 0.4) is 0 Å². The fraction of sp³-hybridized carbons (Fsp3) is 0.957. The molecule has 0 saturated heterocycles. The molecule has 0 aliphatic heterocycles. The number of hydrogen-bond donors (Lipinski definition) is 1. The number of esters is 1. The Kier molecular flexibility index (Phi) is 11.5. The third-order valence-electron chi connectivity index (χ3n) is 5.87. The Morgan fingerprint density at radius 3 is 2.15 bits per heavy atom. The Morgan fingerprint density at radius 1 is 0.962 bits per heavy atom. The van der Waals surface area contributed by atoms with E-state index < -0.39 is 5.60 Å². The lowest BCUT2D eigenvalue weighted by Gasteiger charge is -2.28. The van der Waals surface area contributed by atoms with Crippen LogP contribution in [0.2, 0.25) is 0 Å². The van der Waals surface area contributed by atoms with E-state index in [9.17, 15) is 9.90 Å². The van der Waals surface area contributed by atoms with Crippen LogP contribution in [0, 0.1) is 11.8 Å². The van der Waals surface area contributed by atoms with Gasteiger partial charge in [-0.3, -0.25) is 4.79 Å². The van der Waals surface area contributed by atoms with Crippen LogP contribution in [0.25, 0.3) is 0 Å². The lowest BCUT2D eigenvalue weighted by Crippen LogP contribution is -2.33. The highest BCUT2D eigenvalue weighted by Gasteiger charge is 2.34. The number of ether oxygens (including phenoxy) is 1. The predicted molar refractivity (Wildman–Crippen MR) is 109 cm³/mol. The minimum atomic E-state index is -0.687. The van der Waals surface area contributed by atoms with Gasteiger partial charge in [-0.15, -0.1) is 0 Å². The van der Waals surface area contributed by atoms with E-state index in [0.29, 0.717) is 12.3 Å². The Bertz CT molecular complexity index is 368. The zero-order chi connectivity index (χ0) is 19.4. The van der Waals surface area contributed by atoms with Crippen molar-refractivity contribution in [2.45, 2.75) is 129 Å². The summed E-state index contributed by atoms with van der Waals surface area (Å²) in [5.41, 5.74) is -0.687. The van der Waals surface area contributed by atoms with E-state index in [0.717, 1.165) is 44.9 Å². The van der Waals surface area contributed by atoms with Gasteiger partial charge < -0.3 is 9.84 Å². The molecular formula is C23H44O3. The summed E-state index contributed by atoms with van der Waals surface area (Å²) in [5.74, 6) is 0.600. The number of carbonyl (C=O) groups excluding carboxylic acids is 1. The predicted octanol–water partition coefficient (Wildman–Crippen LogP) is 6.42. The summed E-state index contributed by atoms with van der Waals surface area (Å²) < 4.78 is 5.70. The second-order valence-electron chi connectivity index (χ2n) is 9.04. The molecule has 0 aromatic heterocycles. The topological polar surface area (TPSA) is 46.5 Å². The minimum absolute atomic E-state index is 0.0185. The molecule has 0 bridgehead atoms. The van der Waals surface area contributed by atoms with Crippen LogP contribution in [0.15, 0.2) is 0 Å². The molecule has 154 valence electrons. The van der Waals surface area contributed by atoms with Gasteiger partial charge in [0.2, 0.25) is 0 Å². The van der Waals surface area contributed by atoms with Gasteiger partial charge >= 0.3 is 5.97 Å². The van der Waals surface area contributed by atoms with Crippen LogP contribution < -0.4 is 0 Å². The van der Waals surface area contributed by atoms with Crippen molar-refractivity contribution in [3.8, 4) is 0 Å². The van der Waals surface area contributed by atoms with Gasteiger partial charge in [0.1, 0.15) is 6.10 Å². The molecule has 2 saturated carbocycles. The molecule has 0 aromatic rings. The van der Waals surface area contributed by atoms with Crippen molar-refractivity contribution in [3.05, 3.63) is 0 Å². The van der Waals surface area contributed by atoms with E-state index in [-0.39, 0.29) is 18.0 Å². The maximum atomic E-state index is 12.2. The normalized spacial score (nSPS) is 30.0. The van der Waals surface area contributed by atoms with Gasteiger partial charge in [-0.05, 0) is 44.9 Å². The lowest BCUT2D eigenvalue weighted by molar-refractivity contribution is -0.157. The summed E-state index contributed by atoms with van der Waals surface area (Å²) in [6.45, 7) is 8.53. The SMILES string of the molecule is CC1CCC(OC(=O)C2CCCCC2)CC(C)(O)C1.CCCCCCC. The summed E-state index contributed by atoms with van der Waals surface area (Å²) in [6, 6.07) is 0. The van der Waals surface area contributed by atoms with E-state index >= 15 is 0 Å². The molecule has 0 radical (unpaired) electrons. The van der Waals surface area contributed by atoms with Crippen molar-refractivity contribution in [1.29, 1.82) is 0 Å². The third-order valence-corrected chi connectivity index (χ3v) is 5.87. The van der Waals surface area contributed by atoms with E-state index in [1.54, 1.807) is 0 Å². The fourth-order valence-electron chi connectivity index (χ4n) is 4.38. The highest BCUT2D eigenvalue weighted by Crippen LogP contribution is 2.33. The second-order valence-corrected chi connectivity index (χ2v) is 9.04. The second kappa shape index (κ2) is 12.8. The van der Waals surface area contributed by atoms with E-state index in [1.807, 2.05) is 6.92 Å². The summed E-state index contributed by atoms with van der Waals surface area (Å²) in [7, 11) is 0. The molecule has 2 aliphatic carbocycles. The standard InChI is InChI=1S/C16H28O3.C7H16/c1-12-8-9-14(11-16(2,18)10-12)19-15(17)13-6-4-3-5-7-13;1-3-5-7-6-4-2/h12-14,18H,3-11H2,1-2H3;3-7H2,1-2H3.